The van der Waals surface area contributed by atoms with E-state index in [0.717, 1.165) is 30.7 Å². The molecular formula is C60H82Cl2N8O12. The molecule has 22 heteroatoms. The number of esters is 4. The number of rotatable bonds is 16. The number of imidazole rings is 2. The normalized spacial score (nSPS) is 23.0. The van der Waals surface area contributed by atoms with E-state index in [1.54, 1.807) is 58.2 Å². The van der Waals surface area contributed by atoms with Crippen LogP contribution in [0.15, 0.2) is 73.3 Å². The summed E-state index contributed by atoms with van der Waals surface area (Å²) in [5.74, 6) is -7.63. The fourth-order valence-electron chi connectivity index (χ4n) is 9.80. The van der Waals surface area contributed by atoms with E-state index in [1.807, 2.05) is 79.7 Å². The predicted octanol–water partition coefficient (Wildman–Crippen LogP) is 7.46. The van der Waals surface area contributed by atoms with Gasteiger partial charge in [0.1, 0.15) is 24.2 Å². The number of hydrogen-bond acceptors (Lipinski definition) is 14. The third kappa shape index (κ3) is 18.1. The van der Waals surface area contributed by atoms with Crippen LogP contribution in [0.1, 0.15) is 117 Å². The molecule has 20 nitrogen and oxygen atoms in total. The number of aromatic nitrogens is 4. The maximum atomic E-state index is 15.1. The van der Waals surface area contributed by atoms with Crippen LogP contribution in [-0.4, -0.2) is 163 Å². The van der Waals surface area contributed by atoms with Crippen molar-refractivity contribution in [2.24, 2.45) is 23.7 Å². The number of nitrogens with zero attached hydrogens (tertiary/aromatic N) is 8. The molecule has 0 N–H and O–H groups in total. The van der Waals surface area contributed by atoms with E-state index in [4.69, 9.17) is 42.1 Å². The minimum absolute atomic E-state index is 0.0648. The van der Waals surface area contributed by atoms with E-state index in [-0.39, 0.29) is 67.5 Å². The molecule has 0 bridgehead atoms. The van der Waals surface area contributed by atoms with Crippen molar-refractivity contribution < 1.29 is 57.3 Å². The lowest BCUT2D eigenvalue weighted by molar-refractivity contribution is -0.176. The molecule has 5 rings (SSSR count). The van der Waals surface area contributed by atoms with Gasteiger partial charge in [0.2, 0.25) is 10.6 Å². The number of hydrogen-bond donors (Lipinski definition) is 0. The molecule has 0 unspecified atom stereocenters. The highest BCUT2D eigenvalue weighted by Gasteiger charge is 2.43. The highest BCUT2D eigenvalue weighted by molar-refractivity contribution is 6.28. The van der Waals surface area contributed by atoms with Crippen molar-refractivity contribution in [3.8, 4) is 0 Å². The minimum Gasteiger partial charge on any atom is -0.451 e. The number of likely N-dealkylation sites (N-methyl/N-ethyl adjacent to an activating group) is 4. The van der Waals surface area contributed by atoms with Crippen LogP contribution >= 0.6 is 23.2 Å². The quantitative estimate of drug-likeness (QED) is 0.0785. The summed E-state index contributed by atoms with van der Waals surface area (Å²) in [5, 5.41) is 0.565. The van der Waals surface area contributed by atoms with Gasteiger partial charge in [-0.25, -0.2) is 29.1 Å². The Bertz CT molecular complexity index is 2840. The van der Waals surface area contributed by atoms with Gasteiger partial charge in [-0.3, -0.25) is 19.2 Å². The molecule has 2 aromatic heterocycles. The molecule has 448 valence electrons. The van der Waals surface area contributed by atoms with Gasteiger partial charge in [0.05, 0.1) is 0 Å². The fraction of sp³-hybridized carbons (Fsp3) is 0.567. The van der Waals surface area contributed by atoms with Crippen molar-refractivity contribution in [3.63, 3.8) is 0 Å². The van der Waals surface area contributed by atoms with Gasteiger partial charge in [-0.15, -0.1) is 0 Å². The molecule has 1 aliphatic heterocycles. The van der Waals surface area contributed by atoms with Crippen molar-refractivity contribution in [3.05, 3.63) is 106 Å². The van der Waals surface area contributed by atoms with Crippen LogP contribution in [0.2, 0.25) is 10.6 Å². The van der Waals surface area contributed by atoms with Crippen molar-refractivity contribution in [1.29, 1.82) is 0 Å². The number of ether oxygens (including phenoxy) is 4. The lowest BCUT2D eigenvalue weighted by atomic mass is 9.99. The van der Waals surface area contributed by atoms with Crippen LogP contribution in [0.25, 0.3) is 0 Å². The zero-order chi connectivity index (χ0) is 60.9. The Morgan fingerprint density at radius 2 is 0.756 bits per heavy atom. The van der Waals surface area contributed by atoms with Crippen LogP contribution in [0.3, 0.4) is 0 Å². The Hall–Kier alpha value is -6.80. The van der Waals surface area contributed by atoms with Crippen molar-refractivity contribution in [2.45, 2.75) is 169 Å². The number of benzene rings is 2. The monoisotopic (exact) mass is 1180 g/mol. The molecule has 1 aliphatic rings. The molecule has 0 aliphatic carbocycles. The Kier molecular flexibility index (Phi) is 24.1. The Morgan fingerprint density at radius 1 is 0.439 bits per heavy atom. The molecule has 3 heterocycles. The maximum Gasteiger partial charge on any atom is 0.329 e. The highest BCUT2D eigenvalue weighted by atomic mass is 35.5. The standard InChI is InChI=1S/C60H82Cl2N8O12/c1-35(2)26-45-55(75)79-40(10)52(72)66(12)48(29-38(7)8)58(78)82-50(32-43-16-15-17-44(30-43)34-70-25-23-64-60(70)62)54(74)68(14)46(27-36(3)4)56(76)80-39(9)51(71)65(11)47(28-37(5)6)57(77)81-49(53(73)67(45)13)31-41-18-20-42(21-19-41)33-69-24-22-63-59(69)61/h15-25,30,35-40,45-50H,26-29,31-34H2,1-14H3/t39-,40-,45+,46+,47+,48+,49-,50-/m1/s1. The Labute approximate surface area is 492 Å². The zero-order valence-corrected chi connectivity index (χ0v) is 51.3. The van der Waals surface area contributed by atoms with Gasteiger partial charge in [0.15, 0.2) is 24.4 Å². The summed E-state index contributed by atoms with van der Waals surface area (Å²) in [6.45, 7) is 18.2. The summed E-state index contributed by atoms with van der Waals surface area (Å²) in [4.78, 5) is 130. The molecule has 0 radical (unpaired) electrons. The molecule has 2 aromatic carbocycles. The van der Waals surface area contributed by atoms with E-state index >= 15 is 9.59 Å². The number of amides is 4. The third-order valence-corrected chi connectivity index (χ3v) is 15.0. The third-order valence-electron chi connectivity index (χ3n) is 14.4. The van der Waals surface area contributed by atoms with E-state index in [2.05, 4.69) is 9.97 Å². The largest absolute Gasteiger partial charge is 0.451 e. The molecule has 1 fully saturated rings. The van der Waals surface area contributed by atoms with Gasteiger partial charge in [-0.1, -0.05) is 104 Å². The van der Waals surface area contributed by atoms with Gasteiger partial charge >= 0.3 is 23.9 Å². The van der Waals surface area contributed by atoms with Crippen LogP contribution in [0.4, 0.5) is 0 Å². The SMILES string of the molecule is CC(C)C[C@H]1C(=O)O[C@H](Cc2cccc(Cn3ccnc3Cl)c2)C(=O)N(C)[C@@H](CC(C)C)C(=O)O[C@H](C)C(=O)N(C)[C@@H](CC(C)C)C(=O)O[C@H](Cc2ccc(Cn3ccnc3Cl)cc2)C(=O)N(C)[C@@H](CC(C)C)C(=O)O[C@H](C)C(=O)N1C. The lowest BCUT2D eigenvalue weighted by Gasteiger charge is -2.35. The number of carbonyl (C=O) groups is 8. The number of cyclic esters (lactones) is 4. The molecule has 1 saturated heterocycles. The summed E-state index contributed by atoms with van der Waals surface area (Å²) in [6.07, 6.45) is 0.400. The molecule has 0 saturated carbocycles. The predicted molar refractivity (Wildman–Crippen MR) is 308 cm³/mol. The van der Waals surface area contributed by atoms with Gasteiger partial charge in [0.25, 0.3) is 23.6 Å². The summed E-state index contributed by atoms with van der Waals surface area (Å²) in [7, 11) is 5.52. The second kappa shape index (κ2) is 30.0. The smallest absolute Gasteiger partial charge is 0.329 e. The molecule has 0 spiro atoms. The maximum absolute atomic E-state index is 15.1. The first kappa shape index (κ1) is 66.0. The minimum atomic E-state index is -1.57. The molecular weight excluding hydrogens is 1100 g/mol. The first-order chi connectivity index (χ1) is 38.6. The van der Waals surface area contributed by atoms with Crippen LogP contribution in [0.5, 0.6) is 0 Å². The molecule has 8 atom stereocenters. The van der Waals surface area contributed by atoms with E-state index in [9.17, 15) is 28.8 Å². The van der Waals surface area contributed by atoms with Crippen LogP contribution in [-0.2, 0) is 83.2 Å². The van der Waals surface area contributed by atoms with Crippen LogP contribution < -0.4 is 0 Å². The lowest BCUT2D eigenvalue weighted by Crippen LogP contribution is -2.55. The van der Waals surface area contributed by atoms with E-state index in [0.29, 0.717) is 29.5 Å². The Morgan fingerprint density at radius 3 is 1.11 bits per heavy atom. The zero-order valence-electron chi connectivity index (χ0n) is 49.7. The second-order valence-corrected chi connectivity index (χ2v) is 23.8. The summed E-state index contributed by atoms with van der Waals surface area (Å²) in [5.41, 5.74) is 2.82. The van der Waals surface area contributed by atoms with Gasteiger partial charge in [-0.2, -0.15) is 0 Å². The van der Waals surface area contributed by atoms with Crippen LogP contribution in [0, 0.1) is 23.7 Å². The van der Waals surface area contributed by atoms with Gasteiger partial charge < -0.3 is 47.7 Å². The molecule has 82 heavy (non-hydrogen) atoms. The average molecular weight is 1180 g/mol. The van der Waals surface area contributed by atoms with E-state index in [1.165, 1.54) is 42.0 Å². The average Bonchev–Trinajstić information content (AvgIpc) is 4.07. The van der Waals surface area contributed by atoms with E-state index < -0.39 is 96.1 Å². The number of carbonyl (C=O) groups excluding carboxylic acids is 8. The molecule has 4 aromatic rings. The summed E-state index contributed by atoms with van der Waals surface area (Å²) >= 11 is 12.5. The van der Waals surface area contributed by atoms with Crippen molar-refractivity contribution in [1.82, 2.24) is 38.7 Å². The second-order valence-electron chi connectivity index (χ2n) is 23.1. The van der Waals surface area contributed by atoms with Crippen molar-refractivity contribution in [2.75, 3.05) is 28.2 Å². The Balaban J connectivity index is 1.60. The van der Waals surface area contributed by atoms with Gasteiger partial charge in [0, 0.05) is 78.9 Å². The topological polar surface area (TPSA) is 222 Å². The number of halogens is 2. The van der Waals surface area contributed by atoms with Gasteiger partial charge in [-0.05, 0) is 109 Å². The first-order valence-corrected chi connectivity index (χ1v) is 28.7. The first-order valence-electron chi connectivity index (χ1n) is 27.9. The van der Waals surface area contributed by atoms with Crippen molar-refractivity contribution >= 4 is 70.7 Å². The summed E-state index contributed by atoms with van der Waals surface area (Å²) < 4.78 is 27.7. The highest BCUT2D eigenvalue weighted by Crippen LogP contribution is 2.25. The fourth-order valence-corrected chi connectivity index (χ4v) is 10.1. The summed E-state index contributed by atoms with van der Waals surface area (Å²) in [6, 6.07) is 9.21. The molecule has 4 amide bonds.